The number of aromatic nitrogens is 3. The number of halogens is 1. The van der Waals surface area contributed by atoms with Crippen molar-refractivity contribution in [3.63, 3.8) is 0 Å². The van der Waals surface area contributed by atoms with Crippen LogP contribution < -0.4 is 0 Å². The Bertz CT molecular complexity index is 748. The predicted molar refractivity (Wildman–Crippen MR) is 89.2 cm³/mol. The molecule has 1 saturated heterocycles. The molecular weight excluding hydrogens is 316 g/mol. The van der Waals surface area contributed by atoms with Gasteiger partial charge in [-0.15, -0.1) is 0 Å². The third kappa shape index (κ3) is 2.81. The highest BCUT2D eigenvalue weighted by molar-refractivity contribution is 6.38. The Kier molecular flexibility index (Phi) is 4.29. The van der Waals surface area contributed by atoms with Gasteiger partial charge in [-0.05, 0) is 33.6 Å². The van der Waals surface area contributed by atoms with Crippen LogP contribution in [0.25, 0.3) is 11.0 Å². The summed E-state index contributed by atoms with van der Waals surface area (Å²) in [7, 11) is 0. The van der Waals surface area contributed by atoms with Crippen molar-refractivity contribution in [1.82, 2.24) is 19.7 Å². The molecule has 23 heavy (non-hydrogen) atoms. The maximum absolute atomic E-state index is 11.2. The molecule has 0 saturated carbocycles. The van der Waals surface area contributed by atoms with Gasteiger partial charge in [0.25, 0.3) is 0 Å². The molecular formula is C16H21ClN4O2. The van der Waals surface area contributed by atoms with Crippen LogP contribution in [0.4, 0.5) is 0 Å². The van der Waals surface area contributed by atoms with E-state index in [1.54, 1.807) is 0 Å². The average Bonchev–Trinajstić information content (AvgIpc) is 2.85. The van der Waals surface area contributed by atoms with Crippen LogP contribution in [0, 0.1) is 6.92 Å². The van der Waals surface area contributed by atoms with Gasteiger partial charge in [-0.3, -0.25) is 0 Å². The monoisotopic (exact) mass is 336 g/mol. The molecule has 0 aliphatic carbocycles. The molecule has 1 fully saturated rings. The minimum absolute atomic E-state index is 0.0245. The van der Waals surface area contributed by atoms with Crippen LogP contribution in [0.1, 0.15) is 48.8 Å². The van der Waals surface area contributed by atoms with E-state index in [1.165, 1.54) is 6.20 Å². The second-order valence-corrected chi connectivity index (χ2v) is 6.76. The number of fused-ring (bicyclic) bond motifs is 1. The van der Waals surface area contributed by atoms with Crippen molar-refractivity contribution in [2.24, 2.45) is 0 Å². The van der Waals surface area contributed by atoms with E-state index >= 15 is 0 Å². The van der Waals surface area contributed by atoms with Crippen LogP contribution in [0.5, 0.6) is 0 Å². The molecule has 6 nitrogen and oxygen atoms in total. The van der Waals surface area contributed by atoms with Crippen LogP contribution in [-0.4, -0.2) is 49.9 Å². The topological polar surface area (TPSA) is 71.2 Å². The standard InChI is InChI=1S/C16H21ClN4O2/c1-9(2)20-6-4-11(5-7-20)21-15-13(10(3)19-21)14(17)12(8-18-15)16(22)23/h8-9,11H,4-7H2,1-3H3,(H,22,23). The molecule has 2 aromatic rings. The molecule has 0 amide bonds. The van der Waals surface area contributed by atoms with Crippen molar-refractivity contribution in [3.05, 3.63) is 22.5 Å². The predicted octanol–water partition coefficient (Wildman–Crippen LogP) is 3.14. The lowest BCUT2D eigenvalue weighted by molar-refractivity contribution is 0.0697. The first kappa shape index (κ1) is 16.2. The van der Waals surface area contributed by atoms with E-state index < -0.39 is 5.97 Å². The van der Waals surface area contributed by atoms with E-state index in [0.717, 1.165) is 31.6 Å². The first-order chi connectivity index (χ1) is 10.9. The second-order valence-electron chi connectivity index (χ2n) is 6.38. The molecule has 0 unspecified atom stereocenters. The Morgan fingerprint density at radius 3 is 2.61 bits per heavy atom. The minimum atomic E-state index is -1.07. The van der Waals surface area contributed by atoms with Gasteiger partial charge in [0.2, 0.25) is 0 Å². The van der Waals surface area contributed by atoms with Gasteiger partial charge in [-0.25, -0.2) is 14.5 Å². The summed E-state index contributed by atoms with van der Waals surface area (Å²) >= 11 is 6.28. The summed E-state index contributed by atoms with van der Waals surface area (Å²) in [5.41, 5.74) is 1.43. The highest BCUT2D eigenvalue weighted by Crippen LogP contribution is 2.32. The zero-order valence-electron chi connectivity index (χ0n) is 13.6. The summed E-state index contributed by atoms with van der Waals surface area (Å²) in [6.45, 7) is 8.33. The second kappa shape index (κ2) is 6.09. The number of pyridine rings is 1. The summed E-state index contributed by atoms with van der Waals surface area (Å²) < 4.78 is 1.93. The Morgan fingerprint density at radius 1 is 1.39 bits per heavy atom. The Labute approximate surface area is 140 Å². The van der Waals surface area contributed by atoms with E-state index in [1.807, 2.05) is 11.6 Å². The maximum atomic E-state index is 11.2. The van der Waals surface area contributed by atoms with Gasteiger partial charge >= 0.3 is 5.97 Å². The fourth-order valence-corrected chi connectivity index (χ4v) is 3.63. The number of nitrogens with zero attached hydrogens (tertiary/aromatic N) is 4. The minimum Gasteiger partial charge on any atom is -0.478 e. The highest BCUT2D eigenvalue weighted by atomic mass is 35.5. The molecule has 3 heterocycles. The molecule has 3 rings (SSSR count). The van der Waals surface area contributed by atoms with Gasteiger partial charge in [0, 0.05) is 25.3 Å². The van der Waals surface area contributed by atoms with Crippen LogP contribution >= 0.6 is 11.6 Å². The number of piperidine rings is 1. The third-order valence-electron chi connectivity index (χ3n) is 4.64. The van der Waals surface area contributed by atoms with Crippen molar-refractivity contribution in [2.45, 2.75) is 45.7 Å². The third-order valence-corrected chi connectivity index (χ3v) is 5.03. The Hall–Kier alpha value is -1.66. The summed E-state index contributed by atoms with van der Waals surface area (Å²) in [5.74, 6) is -1.07. The molecule has 0 aromatic carbocycles. The fourth-order valence-electron chi connectivity index (χ4n) is 3.28. The number of rotatable bonds is 3. The molecule has 7 heteroatoms. The number of hydrogen-bond acceptors (Lipinski definition) is 4. The van der Waals surface area contributed by atoms with Gasteiger partial charge in [-0.1, -0.05) is 11.6 Å². The lowest BCUT2D eigenvalue weighted by atomic mass is 10.0. The highest BCUT2D eigenvalue weighted by Gasteiger charge is 2.26. The smallest absolute Gasteiger partial charge is 0.338 e. The molecule has 0 atom stereocenters. The van der Waals surface area contributed by atoms with E-state index in [0.29, 0.717) is 17.1 Å². The Morgan fingerprint density at radius 2 is 2.04 bits per heavy atom. The van der Waals surface area contributed by atoms with Gasteiger partial charge in [0.15, 0.2) is 5.65 Å². The number of carboxylic acids is 1. The van der Waals surface area contributed by atoms with Crippen LogP contribution in [0.2, 0.25) is 5.02 Å². The average molecular weight is 337 g/mol. The van der Waals surface area contributed by atoms with E-state index in [-0.39, 0.29) is 16.6 Å². The van der Waals surface area contributed by atoms with Gasteiger partial charge in [0.05, 0.1) is 27.7 Å². The van der Waals surface area contributed by atoms with Crippen molar-refractivity contribution in [1.29, 1.82) is 0 Å². The maximum Gasteiger partial charge on any atom is 0.338 e. The van der Waals surface area contributed by atoms with E-state index in [2.05, 4.69) is 28.8 Å². The molecule has 0 spiro atoms. The summed E-state index contributed by atoms with van der Waals surface area (Å²) in [4.78, 5) is 18.0. The first-order valence-corrected chi connectivity index (χ1v) is 8.28. The van der Waals surface area contributed by atoms with Gasteiger partial charge < -0.3 is 10.0 Å². The first-order valence-electron chi connectivity index (χ1n) is 7.90. The molecule has 0 radical (unpaired) electrons. The molecule has 124 valence electrons. The van der Waals surface area contributed by atoms with Gasteiger partial charge in [-0.2, -0.15) is 5.10 Å². The molecule has 1 N–H and O–H groups in total. The number of carboxylic acid groups (broad SMARTS) is 1. The lowest BCUT2D eigenvalue weighted by Crippen LogP contribution is -2.39. The van der Waals surface area contributed by atoms with Crippen molar-refractivity contribution < 1.29 is 9.90 Å². The molecule has 1 aliphatic rings. The van der Waals surface area contributed by atoms with Crippen LogP contribution in [-0.2, 0) is 0 Å². The van der Waals surface area contributed by atoms with E-state index in [4.69, 9.17) is 11.6 Å². The SMILES string of the molecule is Cc1nn(C2CCN(C(C)C)CC2)c2ncc(C(=O)O)c(Cl)c12. The quantitative estimate of drug-likeness (QED) is 0.932. The Balaban J connectivity index is 1.97. The van der Waals surface area contributed by atoms with Crippen molar-refractivity contribution in [3.8, 4) is 0 Å². The van der Waals surface area contributed by atoms with Crippen LogP contribution in [0.15, 0.2) is 6.20 Å². The van der Waals surface area contributed by atoms with E-state index in [9.17, 15) is 9.90 Å². The normalized spacial score (nSPS) is 17.3. The summed E-state index contributed by atoms with van der Waals surface area (Å²) in [6, 6.07) is 0.832. The zero-order chi connectivity index (χ0) is 16.7. The fraction of sp³-hybridized carbons (Fsp3) is 0.562. The largest absolute Gasteiger partial charge is 0.478 e. The zero-order valence-corrected chi connectivity index (χ0v) is 14.3. The number of hydrogen-bond donors (Lipinski definition) is 1. The lowest BCUT2D eigenvalue weighted by Gasteiger charge is -2.34. The van der Waals surface area contributed by atoms with Crippen molar-refractivity contribution in [2.75, 3.05) is 13.1 Å². The van der Waals surface area contributed by atoms with Crippen molar-refractivity contribution >= 4 is 28.6 Å². The summed E-state index contributed by atoms with van der Waals surface area (Å²) in [5, 5.41) is 14.7. The van der Waals surface area contributed by atoms with Gasteiger partial charge in [0.1, 0.15) is 0 Å². The number of aromatic carboxylic acids is 1. The van der Waals surface area contributed by atoms with Crippen LogP contribution in [0.3, 0.4) is 0 Å². The number of likely N-dealkylation sites (tertiary alicyclic amines) is 1. The number of carbonyl (C=O) groups is 1. The number of aryl methyl sites for hydroxylation is 1. The molecule has 0 bridgehead atoms. The molecule has 2 aromatic heterocycles. The summed E-state index contributed by atoms with van der Waals surface area (Å²) in [6.07, 6.45) is 3.34. The molecule has 1 aliphatic heterocycles.